The molecular weight excluding hydrogens is 264 g/mol. The highest BCUT2D eigenvalue weighted by Crippen LogP contribution is 2.29. The molecule has 2 aromatic rings. The summed E-state index contributed by atoms with van der Waals surface area (Å²) in [6.07, 6.45) is 0. The molecular formula is C16H20N4O. The Balaban J connectivity index is 2.17. The highest BCUT2D eigenvalue weighted by molar-refractivity contribution is 6.07. The molecule has 0 radical (unpaired) electrons. The number of anilines is 1. The topological polar surface area (TPSA) is 75.2 Å². The summed E-state index contributed by atoms with van der Waals surface area (Å²) in [6, 6.07) is 9.71. The lowest BCUT2D eigenvalue weighted by Gasteiger charge is -2.43. The van der Waals surface area contributed by atoms with Crippen LogP contribution in [0.5, 0.6) is 0 Å². The molecule has 0 spiro atoms. The predicted molar refractivity (Wildman–Crippen MR) is 85.0 cm³/mol. The van der Waals surface area contributed by atoms with E-state index in [0.717, 1.165) is 28.8 Å². The Hall–Kier alpha value is -2.14. The maximum Gasteiger partial charge on any atom is 0.130 e. The fourth-order valence-electron chi connectivity index (χ4n) is 2.81. The molecule has 0 amide bonds. The van der Waals surface area contributed by atoms with E-state index in [0.29, 0.717) is 13.2 Å². The third-order valence-electron chi connectivity index (χ3n) is 3.91. The van der Waals surface area contributed by atoms with Gasteiger partial charge in [0.1, 0.15) is 11.7 Å². The summed E-state index contributed by atoms with van der Waals surface area (Å²) in [6.45, 7) is 6.41. The Morgan fingerprint density at radius 2 is 2.14 bits per heavy atom. The monoisotopic (exact) mass is 284 g/mol. The van der Waals surface area contributed by atoms with Gasteiger partial charge in [0.25, 0.3) is 0 Å². The second kappa shape index (κ2) is 5.00. The molecule has 0 bridgehead atoms. The van der Waals surface area contributed by atoms with E-state index in [-0.39, 0.29) is 11.4 Å². The number of nitrogens with two attached hydrogens (primary N) is 1. The van der Waals surface area contributed by atoms with Gasteiger partial charge in [-0.2, -0.15) is 0 Å². The van der Waals surface area contributed by atoms with Gasteiger partial charge in [0.2, 0.25) is 0 Å². The lowest BCUT2D eigenvalue weighted by molar-refractivity contribution is 0.0639. The number of amidine groups is 1. The van der Waals surface area contributed by atoms with Crippen LogP contribution in [0.1, 0.15) is 19.4 Å². The highest BCUT2D eigenvalue weighted by Gasteiger charge is 2.32. The zero-order valence-corrected chi connectivity index (χ0v) is 12.4. The van der Waals surface area contributed by atoms with E-state index in [9.17, 15) is 0 Å². The number of pyridine rings is 1. The number of benzene rings is 1. The molecule has 1 aliphatic rings. The van der Waals surface area contributed by atoms with Crippen LogP contribution in [0.3, 0.4) is 0 Å². The minimum atomic E-state index is -0.123. The largest absolute Gasteiger partial charge is 0.384 e. The Bertz CT molecular complexity index is 696. The fraction of sp³-hybridized carbons (Fsp3) is 0.375. The first-order valence-electron chi connectivity index (χ1n) is 7.08. The van der Waals surface area contributed by atoms with Crippen molar-refractivity contribution in [2.75, 3.05) is 24.7 Å². The number of morpholine rings is 1. The number of hydrogen-bond acceptors (Lipinski definition) is 4. The summed E-state index contributed by atoms with van der Waals surface area (Å²) in [4.78, 5) is 6.99. The van der Waals surface area contributed by atoms with Gasteiger partial charge in [-0.1, -0.05) is 18.2 Å². The van der Waals surface area contributed by atoms with Crippen LogP contribution in [0.4, 0.5) is 5.82 Å². The zero-order valence-electron chi connectivity index (χ0n) is 12.4. The maximum absolute atomic E-state index is 7.83. The van der Waals surface area contributed by atoms with Crippen molar-refractivity contribution >= 4 is 22.6 Å². The minimum Gasteiger partial charge on any atom is -0.384 e. The number of aromatic nitrogens is 1. The van der Waals surface area contributed by atoms with Crippen LogP contribution in [0, 0.1) is 5.41 Å². The second-order valence-electron chi connectivity index (χ2n) is 5.98. The SMILES string of the molecule is CC1(C)COCCN1c1cc(C(=N)N)c2ccccc2n1. The van der Waals surface area contributed by atoms with E-state index < -0.39 is 0 Å². The number of nitrogens with one attached hydrogen (secondary N) is 1. The van der Waals surface area contributed by atoms with Crippen molar-refractivity contribution in [3.05, 3.63) is 35.9 Å². The predicted octanol–water partition coefficient (Wildman–Crippen LogP) is 2.13. The van der Waals surface area contributed by atoms with Gasteiger partial charge in [0.05, 0.1) is 24.3 Å². The zero-order chi connectivity index (χ0) is 15.0. The maximum atomic E-state index is 7.83. The molecule has 110 valence electrons. The third kappa shape index (κ3) is 2.45. The molecule has 3 rings (SSSR count). The molecule has 5 nitrogen and oxygen atoms in total. The highest BCUT2D eigenvalue weighted by atomic mass is 16.5. The Morgan fingerprint density at radius 1 is 1.38 bits per heavy atom. The van der Waals surface area contributed by atoms with Crippen LogP contribution in [0.15, 0.2) is 30.3 Å². The van der Waals surface area contributed by atoms with E-state index >= 15 is 0 Å². The van der Waals surface area contributed by atoms with Crippen molar-refractivity contribution in [2.45, 2.75) is 19.4 Å². The molecule has 21 heavy (non-hydrogen) atoms. The van der Waals surface area contributed by atoms with Crippen LogP contribution in [0.2, 0.25) is 0 Å². The van der Waals surface area contributed by atoms with Gasteiger partial charge in [-0.15, -0.1) is 0 Å². The number of nitrogen functional groups attached to an aromatic ring is 1. The van der Waals surface area contributed by atoms with Crippen LogP contribution >= 0.6 is 0 Å². The molecule has 1 aromatic carbocycles. The Kier molecular flexibility index (Phi) is 3.29. The number of nitrogens with zero attached hydrogens (tertiary/aromatic N) is 2. The Labute approximate surface area is 124 Å². The van der Waals surface area contributed by atoms with Crippen molar-refractivity contribution in [3.8, 4) is 0 Å². The molecule has 1 aliphatic heterocycles. The molecule has 3 N–H and O–H groups in total. The second-order valence-corrected chi connectivity index (χ2v) is 5.98. The van der Waals surface area contributed by atoms with Crippen molar-refractivity contribution in [3.63, 3.8) is 0 Å². The molecule has 2 heterocycles. The lowest BCUT2D eigenvalue weighted by atomic mass is 10.0. The summed E-state index contributed by atoms with van der Waals surface area (Å²) in [5, 5.41) is 8.75. The van der Waals surface area contributed by atoms with Crippen molar-refractivity contribution in [1.29, 1.82) is 5.41 Å². The van der Waals surface area contributed by atoms with Gasteiger partial charge in [0, 0.05) is 17.5 Å². The lowest BCUT2D eigenvalue weighted by Crippen LogP contribution is -2.53. The number of hydrogen-bond donors (Lipinski definition) is 2. The van der Waals surface area contributed by atoms with Crippen molar-refractivity contribution in [2.24, 2.45) is 5.73 Å². The van der Waals surface area contributed by atoms with Crippen LogP contribution in [-0.4, -0.2) is 36.1 Å². The standard InChI is InChI=1S/C16H20N4O/c1-16(2)10-21-8-7-20(16)14-9-12(15(17)18)11-5-3-4-6-13(11)19-14/h3-6,9H,7-8,10H2,1-2H3,(H3,17,18). The first-order chi connectivity index (χ1) is 9.99. The molecule has 0 unspecified atom stereocenters. The summed E-state index contributed by atoms with van der Waals surface area (Å²) >= 11 is 0. The van der Waals surface area contributed by atoms with Crippen LogP contribution in [0.25, 0.3) is 10.9 Å². The summed E-state index contributed by atoms with van der Waals surface area (Å²) in [5.41, 5.74) is 7.23. The summed E-state index contributed by atoms with van der Waals surface area (Å²) in [5.74, 6) is 0.924. The quantitative estimate of drug-likeness (QED) is 0.654. The van der Waals surface area contributed by atoms with E-state index in [1.54, 1.807) is 0 Å². The average Bonchev–Trinajstić information content (AvgIpc) is 2.45. The van der Waals surface area contributed by atoms with Gasteiger partial charge in [-0.25, -0.2) is 4.98 Å². The molecule has 0 atom stereocenters. The van der Waals surface area contributed by atoms with E-state index in [4.69, 9.17) is 20.9 Å². The first kappa shape index (κ1) is 13.8. The van der Waals surface area contributed by atoms with E-state index in [1.807, 2.05) is 30.3 Å². The molecule has 1 saturated heterocycles. The first-order valence-corrected chi connectivity index (χ1v) is 7.08. The average molecular weight is 284 g/mol. The van der Waals surface area contributed by atoms with Gasteiger partial charge >= 0.3 is 0 Å². The molecule has 0 saturated carbocycles. The number of rotatable bonds is 2. The van der Waals surface area contributed by atoms with Gasteiger partial charge in [0.15, 0.2) is 0 Å². The molecule has 0 aliphatic carbocycles. The smallest absolute Gasteiger partial charge is 0.130 e. The van der Waals surface area contributed by atoms with Crippen LogP contribution in [-0.2, 0) is 4.74 Å². The van der Waals surface area contributed by atoms with Gasteiger partial charge < -0.3 is 15.4 Å². The molecule has 1 fully saturated rings. The van der Waals surface area contributed by atoms with Gasteiger partial charge in [-0.05, 0) is 26.0 Å². The third-order valence-corrected chi connectivity index (χ3v) is 3.91. The van der Waals surface area contributed by atoms with E-state index in [2.05, 4.69) is 18.7 Å². The number of para-hydroxylation sites is 1. The summed E-state index contributed by atoms with van der Waals surface area (Å²) < 4.78 is 5.57. The van der Waals surface area contributed by atoms with Crippen molar-refractivity contribution in [1.82, 2.24) is 4.98 Å². The van der Waals surface area contributed by atoms with E-state index in [1.165, 1.54) is 0 Å². The number of fused-ring (bicyclic) bond motifs is 1. The normalized spacial score (nSPS) is 17.9. The summed E-state index contributed by atoms with van der Waals surface area (Å²) in [7, 11) is 0. The molecule has 5 heteroatoms. The van der Waals surface area contributed by atoms with Gasteiger partial charge in [-0.3, -0.25) is 5.41 Å². The Morgan fingerprint density at radius 3 is 2.86 bits per heavy atom. The minimum absolute atomic E-state index is 0.0703. The van der Waals surface area contributed by atoms with Crippen molar-refractivity contribution < 1.29 is 4.74 Å². The fourth-order valence-corrected chi connectivity index (χ4v) is 2.81. The number of ether oxygens (including phenoxy) is 1. The molecule has 1 aromatic heterocycles. The van der Waals surface area contributed by atoms with Crippen LogP contribution < -0.4 is 10.6 Å².